The van der Waals surface area contributed by atoms with Crippen LogP contribution in [0.2, 0.25) is 0 Å². The zero-order valence-corrected chi connectivity index (χ0v) is 10.3. The number of hydrogen-bond acceptors (Lipinski definition) is 3. The van der Waals surface area contributed by atoms with Gasteiger partial charge in [-0.25, -0.2) is 4.98 Å². The van der Waals surface area contributed by atoms with Crippen LogP contribution in [0.3, 0.4) is 0 Å². The number of aromatic nitrogens is 1. The molecule has 0 aliphatic rings. The summed E-state index contributed by atoms with van der Waals surface area (Å²) in [7, 11) is 0. The van der Waals surface area contributed by atoms with Crippen molar-refractivity contribution in [1.29, 1.82) is 0 Å². The second kappa shape index (κ2) is 5.15. The van der Waals surface area contributed by atoms with Gasteiger partial charge in [-0.15, -0.1) is 0 Å². The van der Waals surface area contributed by atoms with Crippen LogP contribution in [0, 0.1) is 0 Å². The van der Waals surface area contributed by atoms with E-state index in [9.17, 15) is 0 Å². The van der Waals surface area contributed by atoms with Crippen molar-refractivity contribution in [3.05, 3.63) is 41.8 Å². The molecule has 2 aromatic rings. The molecule has 3 heteroatoms. The Labute approximate surface area is 102 Å². The second-order valence-corrected chi connectivity index (χ2v) is 4.47. The summed E-state index contributed by atoms with van der Waals surface area (Å²) in [6.45, 7) is 4.87. The predicted molar refractivity (Wildman–Crippen MR) is 68.8 cm³/mol. The van der Waals surface area contributed by atoms with E-state index in [1.807, 2.05) is 12.1 Å². The first-order chi connectivity index (χ1) is 8.20. The summed E-state index contributed by atoms with van der Waals surface area (Å²) >= 11 is 0. The van der Waals surface area contributed by atoms with Gasteiger partial charge in [0.2, 0.25) is 5.89 Å². The molecule has 0 saturated carbocycles. The van der Waals surface area contributed by atoms with Crippen molar-refractivity contribution in [3.63, 3.8) is 0 Å². The summed E-state index contributed by atoms with van der Waals surface area (Å²) in [5.41, 5.74) is 8.78. The fraction of sp³-hybridized carbons (Fsp3) is 0.357. The van der Waals surface area contributed by atoms with Gasteiger partial charge in [-0.3, -0.25) is 0 Å². The lowest BCUT2D eigenvalue weighted by molar-refractivity contribution is 0.571. The summed E-state index contributed by atoms with van der Waals surface area (Å²) in [5, 5.41) is 0. The van der Waals surface area contributed by atoms with E-state index >= 15 is 0 Å². The molecule has 0 radical (unpaired) electrons. The number of nitrogens with zero attached hydrogens (tertiary/aromatic N) is 1. The molecule has 17 heavy (non-hydrogen) atoms. The van der Waals surface area contributed by atoms with Gasteiger partial charge in [0.25, 0.3) is 0 Å². The maximum absolute atomic E-state index is 5.55. The van der Waals surface area contributed by atoms with Crippen LogP contribution in [0.1, 0.15) is 31.0 Å². The fourth-order valence-corrected chi connectivity index (χ4v) is 1.71. The van der Waals surface area contributed by atoms with Crippen molar-refractivity contribution in [1.82, 2.24) is 4.98 Å². The highest BCUT2D eigenvalue weighted by molar-refractivity contribution is 5.54. The first kappa shape index (κ1) is 11.9. The Morgan fingerprint density at radius 2 is 2.18 bits per heavy atom. The third-order valence-electron chi connectivity index (χ3n) is 2.72. The van der Waals surface area contributed by atoms with E-state index < -0.39 is 0 Å². The van der Waals surface area contributed by atoms with Gasteiger partial charge in [-0.1, -0.05) is 26.0 Å². The van der Waals surface area contributed by atoms with Gasteiger partial charge < -0.3 is 10.2 Å². The molecule has 2 rings (SSSR count). The van der Waals surface area contributed by atoms with E-state index in [0.717, 1.165) is 17.7 Å². The molecule has 2 N–H and O–H groups in total. The lowest BCUT2D eigenvalue weighted by Crippen LogP contribution is -2.02. The number of hydrogen-bond donors (Lipinski definition) is 1. The smallest absolute Gasteiger partial charge is 0.226 e. The minimum atomic E-state index is 0.389. The normalized spacial score (nSPS) is 11.1. The molecule has 1 heterocycles. The van der Waals surface area contributed by atoms with Crippen molar-refractivity contribution in [2.24, 2.45) is 5.73 Å². The molecule has 0 amide bonds. The Bertz CT molecular complexity index is 488. The lowest BCUT2D eigenvalue weighted by Gasteiger charge is -2.01. The molecule has 0 fully saturated rings. The minimum Gasteiger partial charge on any atom is -0.444 e. The summed E-state index contributed by atoms with van der Waals surface area (Å²) < 4.78 is 5.50. The topological polar surface area (TPSA) is 52.0 Å². The average Bonchev–Trinajstić information content (AvgIpc) is 2.79. The minimum absolute atomic E-state index is 0.389. The number of rotatable bonds is 4. The van der Waals surface area contributed by atoms with Crippen molar-refractivity contribution >= 4 is 0 Å². The van der Waals surface area contributed by atoms with Crippen LogP contribution >= 0.6 is 0 Å². The van der Waals surface area contributed by atoms with E-state index in [4.69, 9.17) is 10.2 Å². The van der Waals surface area contributed by atoms with Crippen LogP contribution in [-0.4, -0.2) is 11.5 Å². The molecule has 0 saturated heterocycles. The maximum Gasteiger partial charge on any atom is 0.226 e. The molecule has 0 unspecified atom stereocenters. The van der Waals surface area contributed by atoms with Crippen molar-refractivity contribution in [2.45, 2.75) is 26.2 Å². The Morgan fingerprint density at radius 1 is 1.35 bits per heavy atom. The highest BCUT2D eigenvalue weighted by Crippen LogP contribution is 2.22. The molecule has 1 aromatic carbocycles. The van der Waals surface area contributed by atoms with Gasteiger partial charge in [0.1, 0.15) is 6.26 Å². The van der Waals surface area contributed by atoms with E-state index in [2.05, 4.69) is 31.0 Å². The average molecular weight is 230 g/mol. The van der Waals surface area contributed by atoms with Crippen LogP contribution < -0.4 is 5.73 Å². The molecule has 0 aliphatic carbocycles. The zero-order valence-electron chi connectivity index (χ0n) is 10.3. The van der Waals surface area contributed by atoms with Crippen molar-refractivity contribution < 1.29 is 4.42 Å². The Hall–Kier alpha value is -1.61. The van der Waals surface area contributed by atoms with Gasteiger partial charge in [-0.2, -0.15) is 0 Å². The van der Waals surface area contributed by atoms with Crippen LogP contribution in [0.15, 0.2) is 34.9 Å². The Morgan fingerprint density at radius 3 is 2.82 bits per heavy atom. The third kappa shape index (κ3) is 2.74. The third-order valence-corrected chi connectivity index (χ3v) is 2.72. The van der Waals surface area contributed by atoms with E-state index in [1.54, 1.807) is 6.26 Å². The monoisotopic (exact) mass is 230 g/mol. The Balaban J connectivity index is 2.28. The number of oxazole rings is 1. The summed E-state index contributed by atoms with van der Waals surface area (Å²) in [6, 6.07) is 8.18. The lowest BCUT2D eigenvalue weighted by atomic mass is 10.1. The quantitative estimate of drug-likeness (QED) is 0.878. The van der Waals surface area contributed by atoms with Crippen LogP contribution in [0.4, 0.5) is 0 Å². The predicted octanol–water partition coefficient (Wildman–Crippen LogP) is 2.97. The highest BCUT2D eigenvalue weighted by Gasteiger charge is 2.09. The SMILES string of the molecule is CC(C)c1coc(-c2cccc(CCN)c2)n1. The van der Waals surface area contributed by atoms with Gasteiger partial charge >= 0.3 is 0 Å². The maximum atomic E-state index is 5.55. The van der Waals surface area contributed by atoms with Crippen LogP contribution in [0.25, 0.3) is 11.5 Å². The summed E-state index contributed by atoms with van der Waals surface area (Å²) in [6.07, 6.45) is 2.61. The van der Waals surface area contributed by atoms with E-state index in [1.165, 1.54) is 5.56 Å². The molecule has 0 aliphatic heterocycles. The summed E-state index contributed by atoms with van der Waals surface area (Å²) in [5.74, 6) is 1.08. The van der Waals surface area contributed by atoms with Crippen LogP contribution in [-0.2, 0) is 6.42 Å². The van der Waals surface area contributed by atoms with E-state index in [-0.39, 0.29) is 0 Å². The largest absolute Gasteiger partial charge is 0.444 e. The molecular weight excluding hydrogens is 212 g/mol. The number of benzene rings is 1. The molecule has 3 nitrogen and oxygen atoms in total. The molecule has 0 bridgehead atoms. The first-order valence-electron chi connectivity index (χ1n) is 5.95. The highest BCUT2D eigenvalue weighted by atomic mass is 16.3. The van der Waals surface area contributed by atoms with Gasteiger partial charge in [0.05, 0.1) is 5.69 Å². The standard InChI is InChI=1S/C14H18N2O/c1-10(2)13-9-17-14(16-13)12-5-3-4-11(8-12)6-7-15/h3-5,8-10H,6-7,15H2,1-2H3. The van der Waals surface area contributed by atoms with Gasteiger partial charge in [0.15, 0.2) is 0 Å². The second-order valence-electron chi connectivity index (χ2n) is 4.47. The van der Waals surface area contributed by atoms with Crippen molar-refractivity contribution in [3.8, 4) is 11.5 Å². The van der Waals surface area contributed by atoms with Gasteiger partial charge in [-0.05, 0) is 36.6 Å². The molecule has 1 aromatic heterocycles. The molecule has 0 atom stereocenters. The number of nitrogens with two attached hydrogens (primary N) is 1. The molecule has 0 spiro atoms. The van der Waals surface area contributed by atoms with Gasteiger partial charge in [0, 0.05) is 5.56 Å². The van der Waals surface area contributed by atoms with Crippen molar-refractivity contribution in [2.75, 3.05) is 6.54 Å². The molecular formula is C14H18N2O. The van der Waals surface area contributed by atoms with E-state index in [0.29, 0.717) is 18.4 Å². The van der Waals surface area contributed by atoms with Crippen LogP contribution in [0.5, 0.6) is 0 Å². The Kier molecular flexibility index (Phi) is 3.59. The first-order valence-corrected chi connectivity index (χ1v) is 5.95. The molecule has 90 valence electrons. The summed E-state index contributed by atoms with van der Waals surface area (Å²) in [4.78, 5) is 4.48. The zero-order chi connectivity index (χ0) is 12.3. The fourth-order valence-electron chi connectivity index (χ4n) is 1.71.